The lowest BCUT2D eigenvalue weighted by molar-refractivity contribution is -0.249. The summed E-state index contributed by atoms with van der Waals surface area (Å²) in [7, 11) is 0. The van der Waals surface area contributed by atoms with Crippen molar-refractivity contribution < 1.29 is 29.0 Å². The van der Waals surface area contributed by atoms with Crippen LogP contribution in [0.1, 0.15) is 166 Å². The van der Waals surface area contributed by atoms with Crippen LogP contribution in [0.4, 0.5) is 0 Å². The van der Waals surface area contributed by atoms with E-state index >= 15 is 4.79 Å². The molecule has 0 bridgehead atoms. The first-order chi connectivity index (χ1) is 26.0. The molecule has 1 heterocycles. The van der Waals surface area contributed by atoms with E-state index in [2.05, 4.69) is 72.2 Å². The molecular formula is C48H76N2O6. The number of ether oxygens (including phenoxy) is 1. The van der Waals surface area contributed by atoms with Gasteiger partial charge in [-0.05, 0) is 162 Å². The number of carbonyl (C=O) groups excluding carboxylic acids is 3. The first-order valence-electron chi connectivity index (χ1n) is 22.7. The van der Waals surface area contributed by atoms with Gasteiger partial charge in [0.15, 0.2) is 0 Å². The van der Waals surface area contributed by atoms with E-state index < -0.39 is 22.8 Å². The van der Waals surface area contributed by atoms with Crippen molar-refractivity contribution in [3.8, 4) is 0 Å². The van der Waals surface area contributed by atoms with Crippen LogP contribution in [0.25, 0.3) is 0 Å². The summed E-state index contributed by atoms with van der Waals surface area (Å²) in [4.78, 5) is 55.6. The second kappa shape index (κ2) is 13.8. The molecule has 1 aliphatic heterocycles. The first-order valence-corrected chi connectivity index (χ1v) is 22.7. The molecule has 8 heteroatoms. The van der Waals surface area contributed by atoms with E-state index in [1.807, 2.05) is 0 Å². The van der Waals surface area contributed by atoms with Gasteiger partial charge >= 0.3 is 11.9 Å². The third kappa shape index (κ3) is 6.07. The predicted octanol–water partition coefficient (Wildman–Crippen LogP) is 9.60. The summed E-state index contributed by atoms with van der Waals surface area (Å²) in [6, 6.07) is 0.0193. The Kier molecular flexibility index (Phi) is 10.3. The number of hydrogen-bond acceptors (Lipinski definition) is 5. The second-order valence-corrected chi connectivity index (χ2v) is 23.1. The molecule has 6 saturated carbocycles. The Bertz CT molecular complexity index is 1630. The average molecular weight is 777 g/mol. The van der Waals surface area contributed by atoms with Crippen molar-refractivity contribution in [1.82, 2.24) is 10.2 Å². The number of likely N-dealkylation sites (tertiary alicyclic amines) is 1. The Morgan fingerprint density at radius 3 is 2.11 bits per heavy atom. The van der Waals surface area contributed by atoms with Crippen LogP contribution in [0.2, 0.25) is 0 Å². The number of carboxylic acid groups (broad SMARTS) is 1. The van der Waals surface area contributed by atoms with Crippen LogP contribution in [0, 0.1) is 73.4 Å². The number of esters is 1. The summed E-state index contributed by atoms with van der Waals surface area (Å²) in [6.45, 7) is 28.5. The van der Waals surface area contributed by atoms with Gasteiger partial charge in [0.1, 0.15) is 6.10 Å². The first kappa shape index (κ1) is 41.8. The van der Waals surface area contributed by atoms with E-state index in [4.69, 9.17) is 4.74 Å². The molecule has 0 spiro atoms. The number of nitrogens with one attached hydrogen (secondary N) is 1. The molecular weight excluding hydrogens is 701 g/mol. The second-order valence-electron chi connectivity index (χ2n) is 23.1. The van der Waals surface area contributed by atoms with Crippen LogP contribution in [0.3, 0.4) is 0 Å². The van der Waals surface area contributed by atoms with E-state index in [1.54, 1.807) is 13.8 Å². The van der Waals surface area contributed by atoms with Crippen LogP contribution in [-0.4, -0.2) is 59.0 Å². The van der Waals surface area contributed by atoms with Crippen LogP contribution < -0.4 is 5.32 Å². The maximum absolute atomic E-state index is 15.0. The minimum atomic E-state index is -1.16. The highest BCUT2D eigenvalue weighted by molar-refractivity contribution is 5.86. The Morgan fingerprint density at radius 1 is 0.804 bits per heavy atom. The van der Waals surface area contributed by atoms with Gasteiger partial charge in [0, 0.05) is 30.5 Å². The summed E-state index contributed by atoms with van der Waals surface area (Å²) in [5.74, 6) is 1.12. The lowest BCUT2D eigenvalue weighted by Gasteiger charge is -2.73. The van der Waals surface area contributed by atoms with Gasteiger partial charge in [-0.3, -0.25) is 19.2 Å². The normalized spacial score (nSPS) is 43.8. The van der Waals surface area contributed by atoms with Gasteiger partial charge in [0.25, 0.3) is 0 Å². The summed E-state index contributed by atoms with van der Waals surface area (Å²) in [5, 5.41) is 13.3. The molecule has 6 aliphatic carbocycles. The molecule has 2 amide bonds. The summed E-state index contributed by atoms with van der Waals surface area (Å²) >= 11 is 0. The molecule has 314 valence electrons. The van der Waals surface area contributed by atoms with Gasteiger partial charge in [-0.1, -0.05) is 60.6 Å². The number of piperidine rings is 1. The quantitative estimate of drug-likeness (QED) is 0.188. The van der Waals surface area contributed by atoms with Crippen molar-refractivity contribution in [2.45, 2.75) is 178 Å². The van der Waals surface area contributed by atoms with E-state index in [1.165, 1.54) is 12.0 Å². The number of carbonyl (C=O) groups is 4. The molecule has 12 atom stereocenters. The zero-order chi connectivity index (χ0) is 41.0. The average Bonchev–Trinajstić information content (AvgIpc) is 3.53. The van der Waals surface area contributed by atoms with E-state index in [0.717, 1.165) is 96.6 Å². The number of allylic oxidation sites excluding steroid dienone is 1. The summed E-state index contributed by atoms with van der Waals surface area (Å²) in [6.07, 6.45) is 14.0. The minimum absolute atomic E-state index is 0.0193. The van der Waals surface area contributed by atoms with Crippen LogP contribution in [0.15, 0.2) is 12.2 Å². The fourth-order valence-electron chi connectivity index (χ4n) is 15.6. The van der Waals surface area contributed by atoms with Crippen LogP contribution >= 0.6 is 0 Å². The van der Waals surface area contributed by atoms with Gasteiger partial charge in [0.2, 0.25) is 11.8 Å². The summed E-state index contributed by atoms with van der Waals surface area (Å²) in [5.41, 5.74) is -0.492. The van der Waals surface area contributed by atoms with Crippen LogP contribution in [0.5, 0.6) is 0 Å². The van der Waals surface area contributed by atoms with Crippen molar-refractivity contribution in [3.05, 3.63) is 12.2 Å². The highest BCUT2D eigenvalue weighted by Gasteiger charge is 2.72. The SMILES string of the molecule is C=C(C)C1CC[C@]2(C(=O)N[C@@H]3C[C@H](C(=O)N4CCCCC4)C3(C)C)CC[C@]3(C)C(CCC4[C@@]5(C)CC[C@H](OC(=O)CC(C)(C)C(=O)O)C(C)(C)C5CC[C@]43C)C12. The fraction of sp³-hybridized carbons (Fsp3) is 0.875. The Balaban J connectivity index is 1.10. The molecule has 8 nitrogen and oxygen atoms in total. The van der Waals surface area contributed by atoms with Crippen molar-refractivity contribution in [2.24, 2.45) is 73.4 Å². The third-order valence-electron chi connectivity index (χ3n) is 19.4. The molecule has 7 fully saturated rings. The number of hydrogen-bond donors (Lipinski definition) is 2. The molecule has 0 radical (unpaired) electrons. The van der Waals surface area contributed by atoms with E-state index in [9.17, 15) is 19.5 Å². The lowest BCUT2D eigenvalue weighted by atomic mass is 9.32. The van der Waals surface area contributed by atoms with Gasteiger partial charge in [-0.15, -0.1) is 0 Å². The largest absolute Gasteiger partial charge is 0.481 e. The standard InChI is InChI=1S/C48H76N2O6/c1-29(2)30-17-22-48(40(53)49-35-27-32(43(35,5)6)39(52)50-25-13-12-14-26-50)24-23-46(10)31(38(30)48)15-16-34-45(9)20-19-36(56-37(51)28-42(3,4)41(54)55)44(7,8)33(45)18-21-47(34,46)11/h30-36,38H,1,12-28H2,2-11H3,(H,49,53)(H,54,55)/t30?,31?,32-,33?,34?,35-,36+,38?,45+,46-,47-,48+/m1/s1. The fourth-order valence-corrected chi connectivity index (χ4v) is 15.6. The van der Waals surface area contributed by atoms with E-state index in [0.29, 0.717) is 29.6 Å². The molecule has 5 unspecified atom stereocenters. The molecule has 0 aromatic rings. The molecule has 2 N–H and O–H groups in total. The van der Waals surface area contributed by atoms with Crippen LogP contribution in [-0.2, 0) is 23.9 Å². The number of carboxylic acids is 1. The minimum Gasteiger partial charge on any atom is -0.481 e. The number of rotatable bonds is 8. The maximum Gasteiger partial charge on any atom is 0.309 e. The highest BCUT2D eigenvalue weighted by atomic mass is 16.5. The maximum atomic E-state index is 15.0. The third-order valence-corrected chi connectivity index (χ3v) is 19.4. The highest BCUT2D eigenvalue weighted by Crippen LogP contribution is 2.77. The van der Waals surface area contributed by atoms with Gasteiger partial charge in [0.05, 0.1) is 17.3 Å². The molecule has 7 rings (SSSR count). The Labute approximate surface area is 338 Å². The topological polar surface area (TPSA) is 113 Å². The molecule has 7 aliphatic rings. The van der Waals surface area contributed by atoms with Gasteiger partial charge in [-0.2, -0.15) is 0 Å². The van der Waals surface area contributed by atoms with Crippen molar-refractivity contribution in [2.75, 3.05) is 13.1 Å². The zero-order valence-corrected chi connectivity index (χ0v) is 36.8. The van der Waals surface area contributed by atoms with Crippen molar-refractivity contribution in [1.29, 1.82) is 0 Å². The molecule has 56 heavy (non-hydrogen) atoms. The van der Waals surface area contributed by atoms with Crippen molar-refractivity contribution in [3.63, 3.8) is 0 Å². The number of amides is 2. The Morgan fingerprint density at radius 2 is 1.48 bits per heavy atom. The lowest BCUT2D eigenvalue weighted by Crippen LogP contribution is -2.68. The smallest absolute Gasteiger partial charge is 0.309 e. The summed E-state index contributed by atoms with van der Waals surface area (Å²) < 4.78 is 6.20. The number of aliphatic carboxylic acids is 1. The van der Waals surface area contributed by atoms with Gasteiger partial charge < -0.3 is 20.1 Å². The molecule has 0 aromatic carbocycles. The molecule has 0 aromatic heterocycles. The monoisotopic (exact) mass is 777 g/mol. The zero-order valence-electron chi connectivity index (χ0n) is 36.8. The van der Waals surface area contributed by atoms with Crippen molar-refractivity contribution >= 4 is 23.8 Å². The number of fused-ring (bicyclic) bond motifs is 7. The van der Waals surface area contributed by atoms with Gasteiger partial charge in [-0.25, -0.2) is 0 Å². The number of nitrogens with zero attached hydrogens (tertiary/aromatic N) is 1. The molecule has 1 saturated heterocycles. The van der Waals surface area contributed by atoms with E-state index in [-0.39, 0.29) is 63.4 Å². The predicted molar refractivity (Wildman–Crippen MR) is 219 cm³/mol. The Hall–Kier alpha value is -2.38.